The van der Waals surface area contributed by atoms with Crippen molar-refractivity contribution in [2.24, 2.45) is 0 Å². The maximum absolute atomic E-state index is 14.6. The third-order valence-electron chi connectivity index (χ3n) is 6.97. The zero-order valence-corrected chi connectivity index (χ0v) is 20.7. The quantitative estimate of drug-likeness (QED) is 0.220. The van der Waals surface area contributed by atoms with E-state index in [-0.39, 0.29) is 17.6 Å². The summed E-state index contributed by atoms with van der Waals surface area (Å²) in [5, 5.41) is 0. The van der Waals surface area contributed by atoms with Gasteiger partial charge < -0.3 is 14.5 Å². The first-order valence-electron chi connectivity index (χ1n) is 12.0. The molecule has 0 saturated heterocycles. The number of fused-ring (bicyclic) bond motifs is 1. The van der Waals surface area contributed by atoms with Crippen molar-refractivity contribution in [2.75, 3.05) is 7.11 Å². The summed E-state index contributed by atoms with van der Waals surface area (Å²) in [5.41, 5.74) is 2.16. The molecule has 196 valence electrons. The molecule has 0 amide bonds. The van der Waals surface area contributed by atoms with Gasteiger partial charge in [0.05, 0.1) is 18.1 Å². The molecule has 9 heteroatoms. The highest BCUT2D eigenvalue weighted by atomic mass is 19.4. The van der Waals surface area contributed by atoms with Crippen molar-refractivity contribution < 1.29 is 31.8 Å². The number of nitrogens with one attached hydrogen (secondary N) is 1. The molecule has 1 aromatic heterocycles. The van der Waals surface area contributed by atoms with Crippen LogP contribution in [0.4, 0.5) is 17.6 Å². The SMILES string of the molecule is COc1ccc(COC(=O)C2(c3cccc(F)c3C)C=C(c3ccc4nc(C(F)(F)F)[nH]c4c3)CC2)cc1. The summed E-state index contributed by atoms with van der Waals surface area (Å²) in [6.07, 6.45) is -2.07. The van der Waals surface area contributed by atoms with Gasteiger partial charge >= 0.3 is 12.1 Å². The Hall–Kier alpha value is -4.14. The van der Waals surface area contributed by atoms with E-state index in [0.717, 1.165) is 11.1 Å². The number of imidazole rings is 1. The maximum Gasteiger partial charge on any atom is 0.449 e. The minimum Gasteiger partial charge on any atom is -0.497 e. The lowest BCUT2D eigenvalue weighted by Gasteiger charge is -2.27. The Morgan fingerprint density at radius 1 is 1.11 bits per heavy atom. The van der Waals surface area contributed by atoms with Crippen molar-refractivity contribution in [1.29, 1.82) is 0 Å². The van der Waals surface area contributed by atoms with Gasteiger partial charge in [0.1, 0.15) is 23.6 Å². The van der Waals surface area contributed by atoms with Gasteiger partial charge in [-0.3, -0.25) is 4.79 Å². The molecule has 0 saturated carbocycles. The Bertz CT molecular complexity index is 1540. The number of aromatic nitrogens is 2. The Labute approximate surface area is 216 Å². The molecular formula is C29H24F4N2O3. The summed E-state index contributed by atoms with van der Waals surface area (Å²) < 4.78 is 64.8. The van der Waals surface area contributed by atoms with E-state index in [1.807, 2.05) is 0 Å². The van der Waals surface area contributed by atoms with Gasteiger partial charge in [-0.2, -0.15) is 13.2 Å². The predicted octanol–water partition coefficient (Wildman–Crippen LogP) is 6.90. The van der Waals surface area contributed by atoms with Crippen LogP contribution >= 0.6 is 0 Å². The largest absolute Gasteiger partial charge is 0.497 e. The third-order valence-corrected chi connectivity index (χ3v) is 6.97. The minimum absolute atomic E-state index is 0.0163. The summed E-state index contributed by atoms with van der Waals surface area (Å²) in [6, 6.07) is 16.5. The summed E-state index contributed by atoms with van der Waals surface area (Å²) in [6.45, 7) is 1.63. The highest BCUT2D eigenvalue weighted by Gasteiger charge is 2.45. The number of carbonyl (C=O) groups excluding carboxylic acids is 1. The number of rotatable bonds is 6. The summed E-state index contributed by atoms with van der Waals surface area (Å²) >= 11 is 0. The average molecular weight is 525 g/mol. The topological polar surface area (TPSA) is 64.2 Å². The lowest BCUT2D eigenvalue weighted by Crippen LogP contribution is -2.34. The number of hydrogen-bond donors (Lipinski definition) is 1. The lowest BCUT2D eigenvalue weighted by atomic mass is 9.77. The molecule has 1 atom stereocenters. The van der Waals surface area contributed by atoms with E-state index < -0.39 is 29.2 Å². The van der Waals surface area contributed by atoms with Crippen LogP contribution in [0.2, 0.25) is 0 Å². The minimum atomic E-state index is -4.59. The van der Waals surface area contributed by atoms with Crippen LogP contribution in [0.1, 0.15) is 40.9 Å². The highest BCUT2D eigenvalue weighted by molar-refractivity contribution is 5.92. The number of allylic oxidation sites excluding steroid dienone is 1. The molecule has 4 aromatic rings. The van der Waals surface area contributed by atoms with Gasteiger partial charge in [-0.1, -0.05) is 36.4 Å². The highest BCUT2D eigenvalue weighted by Crippen LogP contribution is 2.45. The maximum atomic E-state index is 14.6. The average Bonchev–Trinajstić information content (AvgIpc) is 3.54. The molecule has 5 rings (SSSR count). The second kappa shape index (κ2) is 9.63. The Balaban J connectivity index is 1.51. The van der Waals surface area contributed by atoms with Crippen molar-refractivity contribution >= 4 is 22.6 Å². The third kappa shape index (κ3) is 4.64. The van der Waals surface area contributed by atoms with E-state index in [1.165, 1.54) is 12.1 Å². The number of methoxy groups -OCH3 is 1. The molecule has 0 bridgehead atoms. The molecule has 0 aliphatic heterocycles. The molecule has 1 aliphatic carbocycles. The summed E-state index contributed by atoms with van der Waals surface area (Å²) in [5.74, 6) is -1.37. The fraction of sp³-hybridized carbons (Fsp3) is 0.241. The zero-order chi connectivity index (χ0) is 27.1. The monoisotopic (exact) mass is 524 g/mol. The van der Waals surface area contributed by atoms with Crippen molar-refractivity contribution in [3.63, 3.8) is 0 Å². The van der Waals surface area contributed by atoms with Crippen molar-refractivity contribution in [3.8, 4) is 5.75 Å². The van der Waals surface area contributed by atoms with Gasteiger partial charge in [-0.15, -0.1) is 0 Å². The second-order valence-corrected chi connectivity index (χ2v) is 9.29. The standard InChI is InChI=1S/C29H24F4N2O3/c1-17-22(4-3-5-23(17)30)28(27(36)38-16-18-6-9-21(37-2)10-7-18)13-12-20(15-28)19-8-11-24-25(14-19)35-26(34-24)29(31,32)33/h3-11,14-15H,12-13,16H2,1-2H3,(H,34,35). The molecule has 38 heavy (non-hydrogen) atoms. The number of benzene rings is 3. The number of esters is 1. The van der Waals surface area contributed by atoms with Gasteiger partial charge in [0.25, 0.3) is 0 Å². The molecule has 3 aromatic carbocycles. The summed E-state index contributed by atoms with van der Waals surface area (Å²) in [7, 11) is 1.56. The van der Waals surface area contributed by atoms with Crippen molar-refractivity contribution in [3.05, 3.63) is 101 Å². The Morgan fingerprint density at radius 2 is 1.87 bits per heavy atom. The number of nitrogens with zero attached hydrogens (tertiary/aromatic N) is 1. The first kappa shape index (κ1) is 25.5. The molecule has 0 spiro atoms. The number of H-pyrrole nitrogens is 1. The summed E-state index contributed by atoms with van der Waals surface area (Å²) in [4.78, 5) is 19.6. The van der Waals surface area contributed by atoms with Crippen molar-refractivity contribution in [2.45, 2.75) is 38.0 Å². The normalized spacial score (nSPS) is 17.5. The van der Waals surface area contributed by atoms with Gasteiger partial charge in [0.15, 0.2) is 0 Å². The lowest BCUT2D eigenvalue weighted by molar-refractivity contribution is -0.150. The predicted molar refractivity (Wildman–Crippen MR) is 134 cm³/mol. The van der Waals surface area contributed by atoms with Crippen LogP contribution < -0.4 is 4.74 Å². The zero-order valence-electron chi connectivity index (χ0n) is 20.7. The van der Waals surface area contributed by atoms with E-state index in [2.05, 4.69) is 9.97 Å². The number of hydrogen-bond acceptors (Lipinski definition) is 4. The van der Waals surface area contributed by atoms with E-state index in [1.54, 1.807) is 68.6 Å². The fourth-order valence-electron chi connectivity index (χ4n) is 4.92. The van der Waals surface area contributed by atoms with Gasteiger partial charge in [-0.25, -0.2) is 9.37 Å². The molecule has 5 nitrogen and oxygen atoms in total. The Kier molecular flexibility index (Phi) is 6.46. The van der Waals surface area contributed by atoms with Gasteiger partial charge in [0.2, 0.25) is 5.82 Å². The van der Waals surface area contributed by atoms with Gasteiger partial charge in [0, 0.05) is 0 Å². The Morgan fingerprint density at radius 3 is 2.58 bits per heavy atom. The molecule has 0 radical (unpaired) electrons. The van der Waals surface area contributed by atoms with E-state index in [0.29, 0.717) is 35.3 Å². The molecule has 1 heterocycles. The van der Waals surface area contributed by atoms with Crippen LogP contribution in [-0.4, -0.2) is 23.0 Å². The first-order chi connectivity index (χ1) is 18.1. The van der Waals surface area contributed by atoms with Crippen LogP contribution in [0.3, 0.4) is 0 Å². The number of ether oxygens (including phenoxy) is 2. The van der Waals surface area contributed by atoms with E-state index in [9.17, 15) is 22.4 Å². The van der Waals surface area contributed by atoms with Crippen LogP contribution in [0.25, 0.3) is 16.6 Å². The van der Waals surface area contributed by atoms with Crippen LogP contribution in [0, 0.1) is 12.7 Å². The number of carbonyl (C=O) groups is 1. The second-order valence-electron chi connectivity index (χ2n) is 9.29. The van der Waals surface area contributed by atoms with Crippen LogP contribution in [0.5, 0.6) is 5.75 Å². The molecular weight excluding hydrogens is 500 g/mol. The number of halogens is 4. The van der Waals surface area contributed by atoms with E-state index in [4.69, 9.17) is 9.47 Å². The first-order valence-corrected chi connectivity index (χ1v) is 12.0. The number of alkyl halides is 3. The van der Waals surface area contributed by atoms with Crippen molar-refractivity contribution in [1.82, 2.24) is 9.97 Å². The molecule has 1 aliphatic rings. The molecule has 0 fully saturated rings. The molecule has 1 N–H and O–H groups in total. The smallest absolute Gasteiger partial charge is 0.449 e. The molecule has 1 unspecified atom stereocenters. The van der Waals surface area contributed by atoms with Gasteiger partial charge in [-0.05, 0) is 77.9 Å². The van der Waals surface area contributed by atoms with E-state index >= 15 is 0 Å². The van der Waals surface area contributed by atoms with Crippen LogP contribution in [0.15, 0.2) is 66.7 Å². The fourth-order valence-corrected chi connectivity index (χ4v) is 4.92. The van der Waals surface area contributed by atoms with Crippen LogP contribution in [-0.2, 0) is 27.7 Å². The number of aromatic amines is 1.